The smallest absolute Gasteiger partial charge is 0.324 e. The summed E-state index contributed by atoms with van der Waals surface area (Å²) in [4.78, 5) is 40.1. The summed E-state index contributed by atoms with van der Waals surface area (Å²) in [6.07, 6.45) is 1.51. The predicted octanol–water partition coefficient (Wildman–Crippen LogP) is 5.22. The lowest BCUT2D eigenvalue weighted by atomic mass is 9.68. The average Bonchev–Trinajstić information content (AvgIpc) is 3.49. The highest BCUT2D eigenvalue weighted by molar-refractivity contribution is 6.02. The van der Waals surface area contributed by atoms with Crippen molar-refractivity contribution in [3.8, 4) is 0 Å². The van der Waals surface area contributed by atoms with Gasteiger partial charge in [-0.25, -0.2) is 0 Å². The van der Waals surface area contributed by atoms with Crippen LogP contribution in [0, 0.1) is 10.8 Å². The van der Waals surface area contributed by atoms with Gasteiger partial charge >= 0.3 is 17.9 Å². The molecule has 186 valence electrons. The third-order valence-corrected chi connectivity index (χ3v) is 7.93. The van der Waals surface area contributed by atoms with E-state index in [2.05, 4.69) is 0 Å². The molecule has 0 N–H and O–H groups in total. The van der Waals surface area contributed by atoms with E-state index in [1.165, 1.54) is 0 Å². The van der Waals surface area contributed by atoms with E-state index in [0.29, 0.717) is 19.4 Å². The number of fused-ring (bicyclic) bond motifs is 1. The van der Waals surface area contributed by atoms with E-state index < -0.39 is 22.8 Å². The minimum Gasteiger partial charge on any atom is -0.465 e. The molecule has 3 aliphatic rings. The van der Waals surface area contributed by atoms with Gasteiger partial charge in [-0.2, -0.15) is 0 Å². The molecule has 0 unspecified atom stereocenters. The van der Waals surface area contributed by atoms with Crippen LogP contribution in [0.1, 0.15) is 50.7 Å². The first kappa shape index (κ1) is 24.0. The topological polar surface area (TPSA) is 78.9 Å². The van der Waals surface area contributed by atoms with Crippen molar-refractivity contribution in [2.45, 2.75) is 52.7 Å². The van der Waals surface area contributed by atoms with Crippen LogP contribution in [-0.4, -0.2) is 24.5 Å². The van der Waals surface area contributed by atoms with Gasteiger partial charge in [-0.15, -0.1) is 0 Å². The van der Waals surface area contributed by atoms with E-state index >= 15 is 0 Å². The Hall–Kier alpha value is -3.67. The Morgan fingerprint density at radius 1 is 0.806 bits per heavy atom. The minimum atomic E-state index is -1.50. The van der Waals surface area contributed by atoms with E-state index in [1.54, 1.807) is 0 Å². The summed E-state index contributed by atoms with van der Waals surface area (Å²) in [6.45, 7) is 4.44. The molecule has 1 saturated heterocycles. The van der Waals surface area contributed by atoms with Gasteiger partial charge in [-0.3, -0.25) is 14.4 Å². The molecule has 0 radical (unpaired) electrons. The highest BCUT2D eigenvalue weighted by Crippen LogP contribution is 2.58. The number of allylic oxidation sites excluding steroid dienone is 3. The first-order valence-corrected chi connectivity index (χ1v) is 12.3. The van der Waals surface area contributed by atoms with Gasteiger partial charge in [0.25, 0.3) is 0 Å². The minimum absolute atomic E-state index is 0.0692. The summed E-state index contributed by atoms with van der Waals surface area (Å²) >= 11 is 0. The number of carbonyl (C=O) groups is 3. The van der Waals surface area contributed by atoms with Gasteiger partial charge in [0.1, 0.15) is 13.2 Å². The summed E-state index contributed by atoms with van der Waals surface area (Å²) in [5.41, 5.74) is 3.26. The average molecular weight is 487 g/mol. The third kappa shape index (κ3) is 4.04. The molecule has 1 atom stereocenters. The maximum atomic E-state index is 13.7. The van der Waals surface area contributed by atoms with Crippen LogP contribution in [-0.2, 0) is 41.8 Å². The molecule has 0 amide bonds. The van der Waals surface area contributed by atoms with Gasteiger partial charge in [0, 0.05) is 6.42 Å². The maximum Gasteiger partial charge on any atom is 0.324 e. The van der Waals surface area contributed by atoms with Crippen LogP contribution in [0.2, 0.25) is 0 Å². The number of cyclic esters (lactones) is 1. The maximum absolute atomic E-state index is 13.7. The van der Waals surface area contributed by atoms with Gasteiger partial charge in [0.2, 0.25) is 0 Å². The van der Waals surface area contributed by atoms with Crippen LogP contribution in [0.15, 0.2) is 83.0 Å². The summed E-state index contributed by atoms with van der Waals surface area (Å²) in [6, 6.07) is 18.8. The third-order valence-electron chi connectivity index (χ3n) is 7.93. The number of rotatable bonds is 6. The number of hydrogen-bond donors (Lipinski definition) is 0. The second-order valence-electron chi connectivity index (χ2n) is 10.1. The molecule has 0 bridgehead atoms. The van der Waals surface area contributed by atoms with Crippen molar-refractivity contribution in [1.82, 2.24) is 0 Å². The zero-order valence-corrected chi connectivity index (χ0v) is 20.7. The molecular weight excluding hydrogens is 456 g/mol. The van der Waals surface area contributed by atoms with Gasteiger partial charge in [0.15, 0.2) is 5.41 Å². The molecule has 0 aromatic heterocycles. The molecule has 1 spiro atoms. The van der Waals surface area contributed by atoms with Crippen molar-refractivity contribution in [1.29, 1.82) is 0 Å². The van der Waals surface area contributed by atoms with E-state index in [9.17, 15) is 14.4 Å². The van der Waals surface area contributed by atoms with Crippen LogP contribution in [0.5, 0.6) is 0 Å². The van der Waals surface area contributed by atoms with E-state index in [1.807, 2.05) is 74.5 Å². The number of carbonyl (C=O) groups excluding carboxylic acids is 3. The Kier molecular flexibility index (Phi) is 6.29. The summed E-state index contributed by atoms with van der Waals surface area (Å²) in [5, 5.41) is 0. The zero-order chi connectivity index (χ0) is 25.3. The lowest BCUT2D eigenvalue weighted by Crippen LogP contribution is -2.39. The fraction of sp³-hybridized carbons (Fsp3) is 0.367. The Balaban J connectivity index is 1.47. The fourth-order valence-corrected chi connectivity index (χ4v) is 5.78. The van der Waals surface area contributed by atoms with E-state index in [-0.39, 0.29) is 32.0 Å². The molecule has 1 saturated carbocycles. The quantitative estimate of drug-likeness (QED) is 0.316. The Morgan fingerprint density at radius 2 is 1.33 bits per heavy atom. The molecular formula is C30H30O6. The predicted molar refractivity (Wildman–Crippen MR) is 132 cm³/mol. The molecule has 6 nitrogen and oxygen atoms in total. The normalized spacial score (nSPS) is 22.4. The van der Waals surface area contributed by atoms with Gasteiger partial charge in [-0.1, -0.05) is 71.8 Å². The van der Waals surface area contributed by atoms with Crippen LogP contribution in [0.4, 0.5) is 0 Å². The number of benzene rings is 2. The summed E-state index contributed by atoms with van der Waals surface area (Å²) in [5.74, 6) is -1.41. The molecule has 1 aliphatic heterocycles. The van der Waals surface area contributed by atoms with Crippen molar-refractivity contribution in [2.24, 2.45) is 10.8 Å². The van der Waals surface area contributed by atoms with E-state index in [4.69, 9.17) is 14.2 Å². The molecule has 2 fully saturated rings. The van der Waals surface area contributed by atoms with Crippen molar-refractivity contribution in [3.63, 3.8) is 0 Å². The first-order chi connectivity index (χ1) is 17.4. The van der Waals surface area contributed by atoms with Crippen LogP contribution in [0.3, 0.4) is 0 Å². The molecule has 36 heavy (non-hydrogen) atoms. The lowest BCUT2D eigenvalue weighted by Gasteiger charge is -2.33. The molecule has 2 aromatic carbocycles. The second kappa shape index (κ2) is 9.41. The Bertz CT molecular complexity index is 1200. The van der Waals surface area contributed by atoms with Crippen LogP contribution in [0.25, 0.3) is 0 Å². The Labute approximate surface area is 210 Å². The Morgan fingerprint density at radius 3 is 1.83 bits per heavy atom. The largest absolute Gasteiger partial charge is 0.465 e. The number of hydrogen-bond acceptors (Lipinski definition) is 6. The van der Waals surface area contributed by atoms with Crippen molar-refractivity contribution in [3.05, 3.63) is 94.1 Å². The molecule has 1 heterocycles. The highest BCUT2D eigenvalue weighted by atomic mass is 16.6. The van der Waals surface area contributed by atoms with Gasteiger partial charge in [-0.05, 0) is 55.4 Å². The van der Waals surface area contributed by atoms with Crippen molar-refractivity contribution in [2.75, 3.05) is 6.61 Å². The van der Waals surface area contributed by atoms with Gasteiger partial charge < -0.3 is 14.2 Å². The van der Waals surface area contributed by atoms with Crippen LogP contribution < -0.4 is 0 Å². The van der Waals surface area contributed by atoms with Crippen LogP contribution >= 0.6 is 0 Å². The van der Waals surface area contributed by atoms with Crippen molar-refractivity contribution >= 4 is 17.9 Å². The highest BCUT2D eigenvalue weighted by Gasteiger charge is 2.59. The molecule has 2 aliphatic carbocycles. The molecule has 2 aromatic rings. The SMILES string of the molecule is CC1=C2CC(C(=O)OCc3ccccc3)(C(=O)OCc3ccccc3)CC2=C(C)[C@]2(CCOC2=O)C1. The van der Waals surface area contributed by atoms with E-state index in [0.717, 1.165) is 33.4 Å². The lowest BCUT2D eigenvalue weighted by molar-refractivity contribution is -0.173. The summed E-state index contributed by atoms with van der Waals surface area (Å²) in [7, 11) is 0. The van der Waals surface area contributed by atoms with Gasteiger partial charge in [0.05, 0.1) is 12.0 Å². The fourth-order valence-electron chi connectivity index (χ4n) is 5.78. The second-order valence-corrected chi connectivity index (χ2v) is 10.1. The molecule has 6 heteroatoms. The standard InChI is InChI=1S/C30H30O6/c1-20-15-29(13-14-34-26(29)31)21(2)25-17-30(16-24(20)25,27(32)35-18-22-9-5-3-6-10-22)28(33)36-19-23-11-7-4-8-12-23/h3-12H,13-19H2,1-2H3/t29-/m0/s1. The number of ether oxygens (including phenoxy) is 3. The van der Waals surface area contributed by atoms with Crippen molar-refractivity contribution < 1.29 is 28.6 Å². The first-order valence-electron chi connectivity index (χ1n) is 12.3. The summed E-state index contributed by atoms with van der Waals surface area (Å²) < 4.78 is 16.8. The monoisotopic (exact) mass is 486 g/mol. The zero-order valence-electron chi connectivity index (χ0n) is 20.7. The molecule has 5 rings (SSSR count). The number of esters is 3.